The Bertz CT molecular complexity index is 882. The molecule has 0 aliphatic rings. The van der Waals surface area contributed by atoms with E-state index in [0.717, 1.165) is 11.3 Å². The molecule has 7 heteroatoms. The molecule has 1 heterocycles. The zero-order chi connectivity index (χ0) is 17.6. The Morgan fingerprint density at radius 1 is 1.20 bits per heavy atom. The minimum atomic E-state index is -1.15. The molecule has 0 bridgehead atoms. The summed E-state index contributed by atoms with van der Waals surface area (Å²) < 4.78 is 22.9. The maximum atomic E-state index is 12.2. The van der Waals surface area contributed by atoms with Crippen molar-refractivity contribution >= 4 is 22.4 Å². The highest BCUT2D eigenvalue weighted by molar-refractivity contribution is 7.84. The Hall–Kier alpha value is -2.18. The molecule has 130 valence electrons. The van der Waals surface area contributed by atoms with Crippen molar-refractivity contribution in [3.8, 4) is 17.1 Å². The van der Waals surface area contributed by atoms with E-state index in [-0.39, 0.29) is 5.75 Å². The van der Waals surface area contributed by atoms with Gasteiger partial charge in [0.25, 0.3) is 0 Å². The second-order valence-corrected chi connectivity index (χ2v) is 7.43. The zero-order valence-electron chi connectivity index (χ0n) is 13.6. The number of rotatable bonds is 7. The molecule has 0 aliphatic heterocycles. The first-order chi connectivity index (χ1) is 12.1. The van der Waals surface area contributed by atoms with E-state index in [2.05, 4.69) is 10.1 Å². The molecule has 0 aliphatic carbocycles. The number of hydrogen-bond acceptors (Lipinski definition) is 5. The summed E-state index contributed by atoms with van der Waals surface area (Å²) in [4.78, 5) is 4.26. The van der Waals surface area contributed by atoms with Crippen LogP contribution in [0.5, 0.6) is 5.75 Å². The highest BCUT2D eigenvalue weighted by atomic mass is 35.5. The van der Waals surface area contributed by atoms with Crippen LogP contribution in [0, 0.1) is 6.92 Å². The van der Waals surface area contributed by atoms with E-state index in [0.29, 0.717) is 34.7 Å². The fourth-order valence-corrected chi connectivity index (χ4v) is 3.26. The smallest absolute Gasteiger partial charge is 0.239 e. The Morgan fingerprint density at radius 3 is 2.84 bits per heavy atom. The zero-order valence-corrected chi connectivity index (χ0v) is 15.2. The third kappa shape index (κ3) is 4.90. The molecule has 0 saturated heterocycles. The van der Waals surface area contributed by atoms with Crippen LogP contribution in [0.4, 0.5) is 0 Å². The fourth-order valence-electron chi connectivity index (χ4n) is 2.23. The van der Waals surface area contributed by atoms with Gasteiger partial charge in [-0.1, -0.05) is 41.0 Å². The van der Waals surface area contributed by atoms with Gasteiger partial charge in [0.15, 0.2) is 0 Å². The molecule has 2 aromatic carbocycles. The fraction of sp³-hybridized carbons (Fsp3) is 0.222. The number of halogens is 1. The number of benzene rings is 2. The molecule has 0 spiro atoms. The Labute approximate surface area is 153 Å². The van der Waals surface area contributed by atoms with Crippen molar-refractivity contribution in [1.82, 2.24) is 10.1 Å². The lowest BCUT2D eigenvalue weighted by Crippen LogP contribution is -2.10. The van der Waals surface area contributed by atoms with Crippen molar-refractivity contribution in [1.29, 1.82) is 0 Å². The standard InChI is InChI=1S/C18H17ClN2O3S/c1-13-5-4-6-14(11-13)23-9-10-25(22)12-17-20-18(21-24-17)15-7-2-3-8-16(15)19/h2-8,11H,9-10,12H2,1H3. The van der Waals surface area contributed by atoms with Crippen LogP contribution in [-0.4, -0.2) is 26.7 Å². The molecule has 3 rings (SSSR count). The molecule has 1 aromatic heterocycles. The molecule has 0 N–H and O–H groups in total. The second kappa shape index (κ2) is 8.27. The van der Waals surface area contributed by atoms with Crippen LogP contribution in [0.1, 0.15) is 11.5 Å². The lowest BCUT2D eigenvalue weighted by Gasteiger charge is -2.06. The van der Waals surface area contributed by atoms with Gasteiger partial charge in [-0.25, -0.2) is 0 Å². The lowest BCUT2D eigenvalue weighted by molar-refractivity contribution is 0.342. The van der Waals surface area contributed by atoms with Gasteiger partial charge in [-0.15, -0.1) is 0 Å². The molecule has 1 atom stereocenters. The van der Waals surface area contributed by atoms with Gasteiger partial charge in [-0.2, -0.15) is 4.98 Å². The van der Waals surface area contributed by atoms with Crippen molar-refractivity contribution in [3.05, 3.63) is 65.0 Å². The van der Waals surface area contributed by atoms with Gasteiger partial charge in [0.2, 0.25) is 11.7 Å². The quantitative estimate of drug-likeness (QED) is 0.623. The average Bonchev–Trinajstić information content (AvgIpc) is 3.03. The molecule has 0 fully saturated rings. The predicted octanol–water partition coefficient (Wildman–Crippen LogP) is 4.03. The highest BCUT2D eigenvalue weighted by Crippen LogP contribution is 2.25. The van der Waals surface area contributed by atoms with Crippen molar-refractivity contribution in [2.45, 2.75) is 12.7 Å². The van der Waals surface area contributed by atoms with Crippen molar-refractivity contribution in [3.63, 3.8) is 0 Å². The average molecular weight is 377 g/mol. The normalized spacial score (nSPS) is 12.1. The van der Waals surface area contributed by atoms with E-state index in [4.69, 9.17) is 20.9 Å². The van der Waals surface area contributed by atoms with Crippen LogP contribution in [-0.2, 0) is 16.6 Å². The summed E-state index contributed by atoms with van der Waals surface area (Å²) in [5.74, 6) is 2.07. The monoisotopic (exact) mass is 376 g/mol. The summed E-state index contributed by atoms with van der Waals surface area (Å²) in [7, 11) is -1.15. The van der Waals surface area contributed by atoms with Crippen LogP contribution in [0.2, 0.25) is 5.02 Å². The van der Waals surface area contributed by atoms with Gasteiger partial charge in [-0.05, 0) is 36.8 Å². The van der Waals surface area contributed by atoms with E-state index >= 15 is 0 Å². The molecule has 0 radical (unpaired) electrons. The third-order valence-electron chi connectivity index (χ3n) is 3.44. The summed E-state index contributed by atoms with van der Waals surface area (Å²) >= 11 is 6.11. The van der Waals surface area contributed by atoms with E-state index < -0.39 is 10.8 Å². The number of aryl methyl sites for hydroxylation is 1. The first kappa shape index (κ1) is 17.6. The largest absolute Gasteiger partial charge is 0.493 e. The van der Waals surface area contributed by atoms with Crippen LogP contribution >= 0.6 is 11.6 Å². The van der Waals surface area contributed by atoms with Crippen molar-refractivity contribution in [2.24, 2.45) is 0 Å². The Morgan fingerprint density at radius 2 is 2.04 bits per heavy atom. The van der Waals surface area contributed by atoms with E-state index in [1.54, 1.807) is 6.07 Å². The molecule has 5 nitrogen and oxygen atoms in total. The van der Waals surface area contributed by atoms with Gasteiger partial charge >= 0.3 is 0 Å². The second-order valence-electron chi connectivity index (χ2n) is 5.44. The molecule has 0 saturated carbocycles. The minimum Gasteiger partial charge on any atom is -0.493 e. The third-order valence-corrected chi connectivity index (χ3v) is 4.96. The van der Waals surface area contributed by atoms with E-state index in [1.165, 1.54) is 0 Å². The summed E-state index contributed by atoms with van der Waals surface area (Å²) in [6.07, 6.45) is 0. The first-order valence-corrected chi connectivity index (χ1v) is 9.60. The minimum absolute atomic E-state index is 0.189. The van der Waals surface area contributed by atoms with Crippen LogP contribution in [0.25, 0.3) is 11.4 Å². The topological polar surface area (TPSA) is 65.2 Å². The number of aromatic nitrogens is 2. The predicted molar refractivity (Wildman–Crippen MR) is 98.1 cm³/mol. The lowest BCUT2D eigenvalue weighted by atomic mass is 10.2. The Balaban J connectivity index is 1.53. The summed E-state index contributed by atoms with van der Waals surface area (Å²) in [6, 6.07) is 15.0. The molecule has 25 heavy (non-hydrogen) atoms. The number of hydrogen-bond donors (Lipinski definition) is 0. The summed E-state index contributed by atoms with van der Waals surface area (Å²) in [5, 5.41) is 4.45. The van der Waals surface area contributed by atoms with E-state index in [9.17, 15) is 4.21 Å². The maximum Gasteiger partial charge on any atom is 0.239 e. The highest BCUT2D eigenvalue weighted by Gasteiger charge is 2.13. The summed E-state index contributed by atoms with van der Waals surface area (Å²) in [6.45, 7) is 2.36. The van der Waals surface area contributed by atoms with Gasteiger partial charge in [0.1, 0.15) is 11.5 Å². The molecule has 1 unspecified atom stereocenters. The van der Waals surface area contributed by atoms with Gasteiger partial charge in [0, 0.05) is 16.4 Å². The van der Waals surface area contributed by atoms with Gasteiger partial charge in [0.05, 0.1) is 17.4 Å². The summed E-state index contributed by atoms with van der Waals surface area (Å²) in [5.41, 5.74) is 1.81. The number of nitrogens with zero attached hydrogens (tertiary/aromatic N) is 2. The first-order valence-electron chi connectivity index (χ1n) is 7.74. The maximum absolute atomic E-state index is 12.2. The van der Waals surface area contributed by atoms with Crippen molar-refractivity contribution in [2.75, 3.05) is 12.4 Å². The molecule has 0 amide bonds. The Kier molecular flexibility index (Phi) is 5.83. The van der Waals surface area contributed by atoms with E-state index in [1.807, 2.05) is 49.4 Å². The van der Waals surface area contributed by atoms with Gasteiger partial charge in [-0.3, -0.25) is 4.21 Å². The van der Waals surface area contributed by atoms with Crippen LogP contribution < -0.4 is 4.74 Å². The van der Waals surface area contributed by atoms with Gasteiger partial charge < -0.3 is 9.26 Å². The number of ether oxygens (including phenoxy) is 1. The van der Waals surface area contributed by atoms with Crippen LogP contribution in [0.3, 0.4) is 0 Å². The molecular formula is C18H17ClN2O3S. The molecule has 3 aromatic rings. The van der Waals surface area contributed by atoms with Crippen LogP contribution in [0.15, 0.2) is 53.1 Å². The molecular weight excluding hydrogens is 360 g/mol. The van der Waals surface area contributed by atoms with Crippen molar-refractivity contribution < 1.29 is 13.5 Å². The SMILES string of the molecule is Cc1cccc(OCCS(=O)Cc2nc(-c3ccccc3Cl)no2)c1.